The molecule has 0 saturated carbocycles. The molecule has 0 saturated heterocycles. The third kappa shape index (κ3) is 3.01. The number of pyridine rings is 1. The number of ether oxygens (including phenoxy) is 1. The average molecular weight is 357 g/mol. The van der Waals surface area contributed by atoms with E-state index in [4.69, 9.17) is 16.3 Å². The van der Waals surface area contributed by atoms with E-state index in [0.717, 1.165) is 11.1 Å². The Kier molecular flexibility index (Phi) is 3.77. The number of carbonyl (C=O) groups is 2. The fourth-order valence-corrected chi connectivity index (χ4v) is 2.91. The molecule has 7 nitrogen and oxygen atoms in total. The van der Waals surface area contributed by atoms with Gasteiger partial charge in [0.2, 0.25) is 0 Å². The lowest BCUT2D eigenvalue weighted by Crippen LogP contribution is -2.26. The first-order valence-electron chi connectivity index (χ1n) is 7.57. The normalized spacial score (nSPS) is 13.1. The Labute approximate surface area is 147 Å². The molecule has 0 fully saturated rings. The Morgan fingerprint density at radius 2 is 2.20 bits per heavy atom. The summed E-state index contributed by atoms with van der Waals surface area (Å²) in [6.45, 7) is 0.324. The fraction of sp³-hybridized carbons (Fsp3) is 0.118. The van der Waals surface area contributed by atoms with Crippen LogP contribution >= 0.6 is 11.6 Å². The SMILES string of the molecule is O=C1COc2ccc(CNC(=O)c3cc(Cl)n4nccc4c3)cc2N1. The minimum atomic E-state index is -0.247. The molecule has 1 aromatic carbocycles. The van der Waals surface area contributed by atoms with Gasteiger partial charge >= 0.3 is 0 Å². The molecule has 1 aliphatic rings. The van der Waals surface area contributed by atoms with E-state index in [-0.39, 0.29) is 18.4 Å². The number of anilines is 1. The number of amides is 2. The number of aromatic nitrogens is 2. The number of hydrogen-bond donors (Lipinski definition) is 2. The third-order valence-electron chi connectivity index (χ3n) is 3.84. The van der Waals surface area contributed by atoms with E-state index < -0.39 is 0 Å². The molecule has 126 valence electrons. The largest absolute Gasteiger partial charge is 0.482 e. The molecule has 2 amide bonds. The van der Waals surface area contributed by atoms with Crippen LogP contribution < -0.4 is 15.4 Å². The molecule has 4 rings (SSSR count). The van der Waals surface area contributed by atoms with Crippen molar-refractivity contribution < 1.29 is 14.3 Å². The lowest BCUT2D eigenvalue weighted by Gasteiger charge is -2.18. The van der Waals surface area contributed by atoms with Crippen LogP contribution in [0.1, 0.15) is 15.9 Å². The highest BCUT2D eigenvalue weighted by molar-refractivity contribution is 6.30. The second-order valence-corrected chi connectivity index (χ2v) is 5.97. The average Bonchev–Trinajstić information content (AvgIpc) is 3.08. The van der Waals surface area contributed by atoms with E-state index in [9.17, 15) is 9.59 Å². The van der Waals surface area contributed by atoms with Crippen LogP contribution in [0.3, 0.4) is 0 Å². The molecule has 8 heteroatoms. The first-order chi connectivity index (χ1) is 12.1. The smallest absolute Gasteiger partial charge is 0.262 e. The number of rotatable bonds is 3. The van der Waals surface area contributed by atoms with Crippen molar-refractivity contribution in [3.63, 3.8) is 0 Å². The highest BCUT2D eigenvalue weighted by Gasteiger charge is 2.16. The van der Waals surface area contributed by atoms with E-state index in [1.807, 2.05) is 6.07 Å². The van der Waals surface area contributed by atoms with Crippen molar-refractivity contribution in [1.29, 1.82) is 0 Å². The second-order valence-electron chi connectivity index (χ2n) is 5.58. The molecule has 0 radical (unpaired) electrons. The molecule has 0 spiro atoms. The first kappa shape index (κ1) is 15.5. The summed E-state index contributed by atoms with van der Waals surface area (Å²) in [7, 11) is 0. The van der Waals surface area contributed by atoms with E-state index in [1.165, 1.54) is 0 Å². The van der Waals surface area contributed by atoms with E-state index in [0.29, 0.717) is 28.7 Å². The van der Waals surface area contributed by atoms with Crippen molar-refractivity contribution in [2.24, 2.45) is 0 Å². The summed E-state index contributed by atoms with van der Waals surface area (Å²) in [5.41, 5.74) is 2.64. The molecular weight excluding hydrogens is 344 g/mol. The summed E-state index contributed by atoms with van der Waals surface area (Å²) in [4.78, 5) is 23.8. The molecule has 0 unspecified atom stereocenters. The van der Waals surface area contributed by atoms with Crippen LogP contribution in [0.15, 0.2) is 42.6 Å². The van der Waals surface area contributed by atoms with Crippen molar-refractivity contribution in [2.45, 2.75) is 6.54 Å². The van der Waals surface area contributed by atoms with Gasteiger partial charge in [-0.25, -0.2) is 4.52 Å². The van der Waals surface area contributed by atoms with Gasteiger partial charge in [0, 0.05) is 12.1 Å². The quantitative estimate of drug-likeness (QED) is 0.705. The molecule has 3 heterocycles. The van der Waals surface area contributed by atoms with Crippen LogP contribution in [0.25, 0.3) is 5.52 Å². The van der Waals surface area contributed by atoms with Gasteiger partial charge in [0.25, 0.3) is 11.8 Å². The van der Waals surface area contributed by atoms with Crippen molar-refractivity contribution in [1.82, 2.24) is 14.9 Å². The molecule has 25 heavy (non-hydrogen) atoms. The number of benzene rings is 1. The molecular formula is C17H13ClN4O3. The Morgan fingerprint density at radius 3 is 3.08 bits per heavy atom. The Bertz CT molecular complexity index is 999. The predicted octanol–water partition coefficient (Wildman–Crippen LogP) is 2.25. The maximum atomic E-state index is 12.4. The summed E-state index contributed by atoms with van der Waals surface area (Å²) in [6, 6.07) is 10.4. The number of carbonyl (C=O) groups excluding carboxylic acids is 2. The van der Waals surface area contributed by atoms with Gasteiger partial charge in [-0.1, -0.05) is 17.7 Å². The molecule has 3 aromatic rings. The summed E-state index contributed by atoms with van der Waals surface area (Å²) in [5.74, 6) is 0.175. The van der Waals surface area contributed by atoms with Crippen LogP contribution in [0.4, 0.5) is 5.69 Å². The number of nitrogens with zero attached hydrogens (tertiary/aromatic N) is 2. The van der Waals surface area contributed by atoms with Crippen LogP contribution in [-0.4, -0.2) is 28.0 Å². The zero-order valence-corrected chi connectivity index (χ0v) is 13.7. The monoisotopic (exact) mass is 356 g/mol. The Hall–Kier alpha value is -3.06. The standard InChI is InChI=1S/C17H13ClN4O3/c18-15-7-11(6-12-3-4-20-22(12)15)17(24)19-8-10-1-2-14-13(5-10)21-16(23)9-25-14/h1-7H,8-9H2,(H,19,24)(H,21,23). The number of nitrogens with one attached hydrogen (secondary N) is 2. The van der Waals surface area contributed by atoms with Crippen molar-refractivity contribution in [3.05, 3.63) is 58.9 Å². The highest BCUT2D eigenvalue weighted by Crippen LogP contribution is 2.28. The van der Waals surface area contributed by atoms with Crippen molar-refractivity contribution in [3.8, 4) is 5.75 Å². The Morgan fingerprint density at radius 1 is 1.32 bits per heavy atom. The molecule has 2 aromatic heterocycles. The minimum absolute atomic E-state index is 0.0148. The van der Waals surface area contributed by atoms with Crippen molar-refractivity contribution in [2.75, 3.05) is 11.9 Å². The van der Waals surface area contributed by atoms with Gasteiger partial charge in [0.1, 0.15) is 10.9 Å². The minimum Gasteiger partial charge on any atom is -0.482 e. The summed E-state index contributed by atoms with van der Waals surface area (Å²) >= 11 is 6.12. The molecule has 0 aliphatic carbocycles. The van der Waals surface area contributed by atoms with Crippen LogP contribution in [0, 0.1) is 0 Å². The van der Waals surface area contributed by atoms with Gasteiger partial charge < -0.3 is 15.4 Å². The van der Waals surface area contributed by atoms with Crippen LogP contribution in [0.5, 0.6) is 5.75 Å². The van der Waals surface area contributed by atoms with E-state index in [1.54, 1.807) is 41.0 Å². The molecule has 0 atom stereocenters. The highest BCUT2D eigenvalue weighted by atomic mass is 35.5. The first-order valence-corrected chi connectivity index (χ1v) is 7.95. The number of hydrogen-bond acceptors (Lipinski definition) is 4. The molecule has 2 N–H and O–H groups in total. The zero-order valence-electron chi connectivity index (χ0n) is 13.0. The summed E-state index contributed by atoms with van der Waals surface area (Å²) < 4.78 is 6.86. The van der Waals surface area contributed by atoms with Crippen LogP contribution in [0.2, 0.25) is 5.15 Å². The van der Waals surface area contributed by atoms with E-state index in [2.05, 4.69) is 15.7 Å². The summed E-state index contributed by atoms with van der Waals surface area (Å²) in [6.07, 6.45) is 1.62. The predicted molar refractivity (Wildman–Crippen MR) is 91.9 cm³/mol. The van der Waals surface area contributed by atoms with Crippen molar-refractivity contribution >= 4 is 34.6 Å². The van der Waals surface area contributed by atoms with Gasteiger partial charge in [0.15, 0.2) is 6.61 Å². The van der Waals surface area contributed by atoms with Gasteiger partial charge in [-0.2, -0.15) is 5.10 Å². The Balaban J connectivity index is 1.49. The molecule has 0 bridgehead atoms. The van der Waals surface area contributed by atoms with Gasteiger partial charge in [0.05, 0.1) is 17.4 Å². The third-order valence-corrected chi connectivity index (χ3v) is 4.11. The fourth-order valence-electron chi connectivity index (χ4n) is 2.65. The van der Waals surface area contributed by atoms with Gasteiger partial charge in [-0.3, -0.25) is 9.59 Å². The molecule has 1 aliphatic heterocycles. The van der Waals surface area contributed by atoms with Crippen LogP contribution in [-0.2, 0) is 11.3 Å². The number of halogens is 1. The zero-order chi connectivity index (χ0) is 17.4. The van der Waals surface area contributed by atoms with E-state index >= 15 is 0 Å². The summed E-state index contributed by atoms with van der Waals surface area (Å²) in [5, 5.41) is 10.0. The lowest BCUT2D eigenvalue weighted by atomic mass is 10.1. The van der Waals surface area contributed by atoms with Gasteiger partial charge in [-0.15, -0.1) is 0 Å². The number of fused-ring (bicyclic) bond motifs is 2. The second kappa shape index (κ2) is 6.10. The van der Waals surface area contributed by atoms with Gasteiger partial charge in [-0.05, 0) is 35.9 Å². The topological polar surface area (TPSA) is 84.7 Å². The lowest BCUT2D eigenvalue weighted by molar-refractivity contribution is -0.118. The maximum Gasteiger partial charge on any atom is 0.262 e. The maximum absolute atomic E-state index is 12.4.